The van der Waals surface area contributed by atoms with Gasteiger partial charge in [-0.15, -0.1) is 0 Å². The van der Waals surface area contributed by atoms with E-state index in [1.165, 1.54) is 6.07 Å². The number of nitrogens with one attached hydrogen (secondary N) is 2. The largest absolute Gasteiger partial charge is 0.483 e. The number of fused-ring (bicyclic) bond motifs is 1. The molecule has 1 aliphatic heterocycles. The van der Waals surface area contributed by atoms with Crippen LogP contribution in [-0.2, 0) is 4.79 Å². The Hall–Kier alpha value is -4.13. The lowest BCUT2D eigenvalue weighted by Crippen LogP contribution is -2.20. The second kappa shape index (κ2) is 8.08. The van der Waals surface area contributed by atoms with Gasteiger partial charge in [0.1, 0.15) is 17.2 Å². The minimum Gasteiger partial charge on any atom is -0.483 e. The number of benzene rings is 3. The monoisotopic (exact) mass is 402 g/mol. The van der Waals surface area contributed by atoms with Crippen molar-refractivity contribution in [3.8, 4) is 17.2 Å². The molecule has 0 saturated carbocycles. The third-order valence-corrected chi connectivity index (χ3v) is 4.51. The first kappa shape index (κ1) is 19.2. The first-order valence-electron chi connectivity index (χ1n) is 9.25. The molecule has 0 radical (unpaired) electrons. The van der Waals surface area contributed by atoms with Gasteiger partial charge in [0.25, 0.3) is 17.7 Å². The number of hydrogen-bond acceptors (Lipinski definition) is 5. The highest BCUT2D eigenvalue weighted by molar-refractivity contribution is 6.21. The van der Waals surface area contributed by atoms with Gasteiger partial charge in [0.05, 0.1) is 11.1 Å². The molecule has 1 aliphatic rings. The van der Waals surface area contributed by atoms with Crippen LogP contribution in [0.15, 0.2) is 66.7 Å². The van der Waals surface area contributed by atoms with E-state index in [2.05, 4.69) is 10.6 Å². The number of carbonyl (C=O) groups is 3. The number of carbonyl (C=O) groups excluding carboxylic acids is 3. The highest BCUT2D eigenvalue weighted by Crippen LogP contribution is 2.27. The Kier molecular flexibility index (Phi) is 5.17. The fraction of sp³-hybridized carbons (Fsp3) is 0.0870. The van der Waals surface area contributed by atoms with E-state index in [9.17, 15) is 14.4 Å². The van der Waals surface area contributed by atoms with E-state index < -0.39 is 11.8 Å². The first-order valence-corrected chi connectivity index (χ1v) is 9.25. The topological polar surface area (TPSA) is 93.7 Å². The van der Waals surface area contributed by atoms with E-state index in [1.807, 2.05) is 31.2 Å². The summed E-state index contributed by atoms with van der Waals surface area (Å²) in [4.78, 5) is 35.6. The van der Waals surface area contributed by atoms with Crippen molar-refractivity contribution < 1.29 is 23.9 Å². The summed E-state index contributed by atoms with van der Waals surface area (Å²) in [5, 5.41) is 5.00. The van der Waals surface area contributed by atoms with Gasteiger partial charge in [-0.05, 0) is 48.9 Å². The molecule has 7 heteroatoms. The number of amides is 3. The standard InChI is InChI=1S/C23H18N2O5/c1-14-5-2-3-8-20(14)29-13-21(26)24-15-6-4-7-16(11-15)30-17-9-10-18-19(12-17)23(28)25-22(18)27/h2-12H,13H2,1H3,(H,24,26)(H,25,27,28). The first-order chi connectivity index (χ1) is 14.5. The van der Waals surface area contributed by atoms with E-state index in [4.69, 9.17) is 9.47 Å². The smallest absolute Gasteiger partial charge is 0.262 e. The predicted octanol–water partition coefficient (Wildman–Crippen LogP) is 3.69. The summed E-state index contributed by atoms with van der Waals surface area (Å²) in [5.41, 5.74) is 2.09. The summed E-state index contributed by atoms with van der Waals surface area (Å²) in [5.74, 6) is 0.364. The number of aryl methyl sites for hydroxylation is 1. The van der Waals surface area contributed by atoms with Crippen molar-refractivity contribution in [2.45, 2.75) is 6.92 Å². The molecule has 0 aliphatic carbocycles. The van der Waals surface area contributed by atoms with Gasteiger partial charge in [0.15, 0.2) is 6.61 Å². The van der Waals surface area contributed by atoms with Crippen molar-refractivity contribution >= 4 is 23.4 Å². The minimum atomic E-state index is -0.449. The highest BCUT2D eigenvalue weighted by Gasteiger charge is 2.26. The molecule has 4 rings (SSSR count). The maximum Gasteiger partial charge on any atom is 0.262 e. The van der Waals surface area contributed by atoms with Crippen molar-refractivity contribution in [1.82, 2.24) is 5.32 Å². The second-order valence-corrected chi connectivity index (χ2v) is 6.72. The quantitative estimate of drug-likeness (QED) is 0.614. The van der Waals surface area contributed by atoms with Crippen molar-refractivity contribution in [3.63, 3.8) is 0 Å². The van der Waals surface area contributed by atoms with E-state index in [0.717, 1.165) is 5.56 Å². The van der Waals surface area contributed by atoms with Crippen molar-refractivity contribution in [2.24, 2.45) is 0 Å². The zero-order valence-corrected chi connectivity index (χ0v) is 16.1. The van der Waals surface area contributed by atoms with Crippen molar-refractivity contribution in [1.29, 1.82) is 0 Å². The van der Waals surface area contributed by atoms with E-state index in [1.54, 1.807) is 36.4 Å². The van der Waals surface area contributed by atoms with Gasteiger partial charge >= 0.3 is 0 Å². The number of imide groups is 1. The van der Waals surface area contributed by atoms with Gasteiger partial charge in [0, 0.05) is 11.8 Å². The molecule has 0 saturated heterocycles. The Labute approximate surface area is 172 Å². The zero-order chi connectivity index (χ0) is 21.1. The maximum absolute atomic E-state index is 12.2. The molecule has 3 aromatic rings. The molecule has 1 heterocycles. The SMILES string of the molecule is Cc1ccccc1OCC(=O)Nc1cccc(Oc2ccc3c(c2)C(=O)NC3=O)c1. The molecular formula is C23H18N2O5. The van der Waals surface area contributed by atoms with E-state index >= 15 is 0 Å². The average Bonchev–Trinajstić information content (AvgIpc) is 3.01. The molecule has 30 heavy (non-hydrogen) atoms. The Morgan fingerprint density at radius 2 is 1.67 bits per heavy atom. The summed E-state index contributed by atoms with van der Waals surface area (Å²) in [6, 6.07) is 19.0. The number of hydrogen-bond donors (Lipinski definition) is 2. The van der Waals surface area contributed by atoms with E-state index in [-0.39, 0.29) is 18.1 Å². The molecule has 7 nitrogen and oxygen atoms in total. The number of anilines is 1. The van der Waals surface area contributed by atoms with Gasteiger partial charge in [0.2, 0.25) is 0 Å². The molecule has 0 bridgehead atoms. The summed E-state index contributed by atoms with van der Waals surface area (Å²) >= 11 is 0. The molecule has 3 amide bonds. The third kappa shape index (κ3) is 4.15. The van der Waals surface area contributed by atoms with Gasteiger partial charge < -0.3 is 14.8 Å². The molecule has 150 valence electrons. The van der Waals surface area contributed by atoms with Gasteiger partial charge in [-0.25, -0.2) is 0 Å². The van der Waals surface area contributed by atoms with Crippen molar-refractivity contribution in [3.05, 3.63) is 83.4 Å². The summed E-state index contributed by atoms with van der Waals surface area (Å²) in [6.45, 7) is 1.79. The Bertz CT molecular complexity index is 1160. The summed E-state index contributed by atoms with van der Waals surface area (Å²) in [6.07, 6.45) is 0. The number of para-hydroxylation sites is 1. The molecule has 0 spiro atoms. The lowest BCUT2D eigenvalue weighted by Gasteiger charge is -2.11. The lowest BCUT2D eigenvalue weighted by molar-refractivity contribution is -0.118. The third-order valence-electron chi connectivity index (χ3n) is 4.51. The maximum atomic E-state index is 12.2. The van der Waals surface area contributed by atoms with Crippen LogP contribution in [-0.4, -0.2) is 24.3 Å². The molecule has 2 N–H and O–H groups in total. The molecular weight excluding hydrogens is 384 g/mol. The fourth-order valence-electron chi connectivity index (χ4n) is 3.04. The Balaban J connectivity index is 1.40. The fourth-order valence-corrected chi connectivity index (χ4v) is 3.04. The van der Waals surface area contributed by atoms with Crippen LogP contribution in [0.25, 0.3) is 0 Å². The molecule has 0 atom stereocenters. The highest BCUT2D eigenvalue weighted by atomic mass is 16.5. The number of rotatable bonds is 6. The van der Waals surface area contributed by atoms with E-state index in [0.29, 0.717) is 28.5 Å². The second-order valence-electron chi connectivity index (χ2n) is 6.72. The van der Waals surface area contributed by atoms with Crippen molar-refractivity contribution in [2.75, 3.05) is 11.9 Å². The number of ether oxygens (including phenoxy) is 2. The normalized spacial score (nSPS) is 12.2. The predicted molar refractivity (Wildman–Crippen MR) is 110 cm³/mol. The van der Waals surface area contributed by atoms with Crippen LogP contribution in [0.4, 0.5) is 5.69 Å². The minimum absolute atomic E-state index is 0.121. The Morgan fingerprint density at radius 1 is 0.900 bits per heavy atom. The zero-order valence-electron chi connectivity index (χ0n) is 16.1. The summed E-state index contributed by atoms with van der Waals surface area (Å²) < 4.78 is 11.3. The molecule has 0 aromatic heterocycles. The van der Waals surface area contributed by atoms with Crippen LogP contribution < -0.4 is 20.1 Å². The summed E-state index contributed by atoms with van der Waals surface area (Å²) in [7, 11) is 0. The van der Waals surface area contributed by atoms with Crippen LogP contribution in [0.5, 0.6) is 17.2 Å². The molecule has 0 fully saturated rings. The van der Waals surface area contributed by atoms with Gasteiger partial charge in [-0.1, -0.05) is 24.3 Å². The van der Waals surface area contributed by atoms with Gasteiger partial charge in [-0.3, -0.25) is 19.7 Å². The van der Waals surface area contributed by atoms with Crippen LogP contribution in [0.1, 0.15) is 26.3 Å². The molecule has 0 unspecified atom stereocenters. The van der Waals surface area contributed by atoms with Crippen LogP contribution in [0, 0.1) is 6.92 Å². The lowest BCUT2D eigenvalue weighted by atomic mass is 10.1. The van der Waals surface area contributed by atoms with Crippen LogP contribution in [0.3, 0.4) is 0 Å². The van der Waals surface area contributed by atoms with Crippen LogP contribution >= 0.6 is 0 Å². The van der Waals surface area contributed by atoms with Gasteiger partial charge in [-0.2, -0.15) is 0 Å². The molecule has 3 aromatic carbocycles. The van der Waals surface area contributed by atoms with Crippen LogP contribution in [0.2, 0.25) is 0 Å². The Morgan fingerprint density at radius 3 is 2.50 bits per heavy atom. The average molecular weight is 402 g/mol.